The number of thiophene rings is 1. The standard InChI is InChI=1S/C13H15IN2S/c1-10(2)13(9-16,4-3-5-14)11-6-12(7-15)17-8-11/h6,8,10H,3-5H2,1-2H3. The van der Waals surface area contributed by atoms with Crippen LogP contribution < -0.4 is 0 Å². The molecule has 0 amide bonds. The van der Waals surface area contributed by atoms with E-state index in [1.165, 1.54) is 11.3 Å². The van der Waals surface area contributed by atoms with Crippen molar-refractivity contribution in [2.45, 2.75) is 32.1 Å². The highest BCUT2D eigenvalue weighted by Gasteiger charge is 2.36. The second-order valence-electron chi connectivity index (χ2n) is 4.34. The Morgan fingerprint density at radius 3 is 2.59 bits per heavy atom. The lowest BCUT2D eigenvalue weighted by atomic mass is 9.71. The summed E-state index contributed by atoms with van der Waals surface area (Å²) in [6.07, 6.45) is 1.90. The van der Waals surface area contributed by atoms with Crippen molar-refractivity contribution in [2.24, 2.45) is 5.92 Å². The van der Waals surface area contributed by atoms with Crippen LogP contribution in [0.4, 0.5) is 0 Å². The first-order valence-electron chi connectivity index (χ1n) is 5.57. The Morgan fingerprint density at radius 1 is 1.47 bits per heavy atom. The zero-order valence-electron chi connectivity index (χ0n) is 10.0. The topological polar surface area (TPSA) is 47.6 Å². The second-order valence-corrected chi connectivity index (χ2v) is 6.33. The van der Waals surface area contributed by atoms with Gasteiger partial charge in [0.1, 0.15) is 10.9 Å². The maximum absolute atomic E-state index is 9.58. The van der Waals surface area contributed by atoms with Gasteiger partial charge in [-0.2, -0.15) is 10.5 Å². The van der Waals surface area contributed by atoms with Crippen LogP contribution >= 0.6 is 33.9 Å². The molecule has 0 N–H and O–H groups in total. The lowest BCUT2D eigenvalue weighted by Gasteiger charge is -2.30. The molecule has 0 fully saturated rings. The summed E-state index contributed by atoms with van der Waals surface area (Å²) in [6.45, 7) is 4.17. The van der Waals surface area contributed by atoms with E-state index in [4.69, 9.17) is 5.26 Å². The van der Waals surface area contributed by atoms with Crippen LogP contribution in [0.15, 0.2) is 11.4 Å². The minimum absolute atomic E-state index is 0.261. The summed E-state index contributed by atoms with van der Waals surface area (Å²) >= 11 is 3.77. The molecule has 1 rings (SSSR count). The van der Waals surface area contributed by atoms with E-state index in [1.54, 1.807) is 0 Å². The summed E-state index contributed by atoms with van der Waals surface area (Å²) in [5.74, 6) is 0.261. The molecule has 0 aliphatic heterocycles. The molecule has 0 aliphatic rings. The maximum Gasteiger partial charge on any atom is 0.110 e. The molecule has 0 saturated carbocycles. The molecule has 1 heterocycles. The van der Waals surface area contributed by atoms with Crippen molar-refractivity contribution in [2.75, 3.05) is 4.43 Å². The van der Waals surface area contributed by atoms with E-state index in [-0.39, 0.29) is 5.92 Å². The maximum atomic E-state index is 9.58. The first-order chi connectivity index (χ1) is 8.10. The van der Waals surface area contributed by atoms with Crippen molar-refractivity contribution in [1.29, 1.82) is 10.5 Å². The van der Waals surface area contributed by atoms with Gasteiger partial charge in [-0.3, -0.25) is 0 Å². The van der Waals surface area contributed by atoms with Crippen molar-refractivity contribution in [3.8, 4) is 12.1 Å². The number of hydrogen-bond donors (Lipinski definition) is 0. The third-order valence-corrected chi connectivity index (χ3v) is 4.71. The van der Waals surface area contributed by atoms with E-state index in [9.17, 15) is 5.26 Å². The summed E-state index contributed by atoms with van der Waals surface area (Å²) < 4.78 is 1.06. The third-order valence-electron chi connectivity index (χ3n) is 3.11. The zero-order chi connectivity index (χ0) is 12.9. The van der Waals surface area contributed by atoms with Gasteiger partial charge in [0.15, 0.2) is 0 Å². The molecular formula is C13H15IN2S. The van der Waals surface area contributed by atoms with Crippen molar-refractivity contribution >= 4 is 33.9 Å². The molecule has 1 atom stereocenters. The molecule has 1 unspecified atom stereocenters. The van der Waals surface area contributed by atoms with Gasteiger partial charge in [0, 0.05) is 0 Å². The van der Waals surface area contributed by atoms with Gasteiger partial charge in [0.2, 0.25) is 0 Å². The van der Waals surface area contributed by atoms with Crippen molar-refractivity contribution < 1.29 is 0 Å². The molecule has 0 radical (unpaired) electrons. The van der Waals surface area contributed by atoms with E-state index in [2.05, 4.69) is 48.6 Å². The lowest BCUT2D eigenvalue weighted by Crippen LogP contribution is -2.30. The highest BCUT2D eigenvalue weighted by atomic mass is 127. The predicted octanol–water partition coefficient (Wildman–Crippen LogP) is 4.25. The predicted molar refractivity (Wildman–Crippen MR) is 79.3 cm³/mol. The average molecular weight is 358 g/mol. The van der Waals surface area contributed by atoms with Gasteiger partial charge in [-0.1, -0.05) is 36.4 Å². The van der Waals surface area contributed by atoms with E-state index >= 15 is 0 Å². The van der Waals surface area contributed by atoms with Crippen LogP contribution in [0.2, 0.25) is 0 Å². The Kier molecular flexibility index (Phi) is 5.42. The minimum atomic E-state index is -0.434. The molecule has 17 heavy (non-hydrogen) atoms. The smallest absolute Gasteiger partial charge is 0.110 e. The van der Waals surface area contributed by atoms with Crippen LogP contribution in [0.1, 0.15) is 37.1 Å². The first kappa shape index (κ1) is 14.5. The molecule has 0 spiro atoms. The van der Waals surface area contributed by atoms with Gasteiger partial charge in [-0.25, -0.2) is 0 Å². The molecule has 0 bridgehead atoms. The molecule has 0 aromatic carbocycles. The Bertz CT molecular complexity index is 453. The van der Waals surface area contributed by atoms with Crippen LogP contribution in [0.3, 0.4) is 0 Å². The van der Waals surface area contributed by atoms with Gasteiger partial charge < -0.3 is 0 Å². The van der Waals surface area contributed by atoms with Crippen LogP contribution in [-0.2, 0) is 5.41 Å². The SMILES string of the molecule is CC(C)C(C#N)(CCCI)c1csc(C#N)c1. The van der Waals surface area contributed by atoms with Gasteiger partial charge in [-0.15, -0.1) is 11.3 Å². The minimum Gasteiger partial charge on any atom is -0.197 e. The second kappa shape index (κ2) is 6.37. The molecule has 0 saturated heterocycles. The summed E-state index contributed by atoms with van der Waals surface area (Å²) in [7, 11) is 0. The van der Waals surface area contributed by atoms with Gasteiger partial charge in [0.05, 0.1) is 11.5 Å². The largest absolute Gasteiger partial charge is 0.197 e. The fourth-order valence-electron chi connectivity index (χ4n) is 1.99. The van der Waals surface area contributed by atoms with E-state index in [1.807, 2.05) is 11.4 Å². The molecule has 90 valence electrons. The monoisotopic (exact) mass is 358 g/mol. The molecular weight excluding hydrogens is 343 g/mol. The molecule has 1 aromatic heterocycles. The molecule has 2 nitrogen and oxygen atoms in total. The van der Waals surface area contributed by atoms with Crippen molar-refractivity contribution in [3.05, 3.63) is 21.9 Å². The van der Waals surface area contributed by atoms with E-state index < -0.39 is 5.41 Å². The molecule has 4 heteroatoms. The normalized spacial score (nSPS) is 14.0. The van der Waals surface area contributed by atoms with Crippen LogP contribution in [0.5, 0.6) is 0 Å². The number of hydrogen-bond acceptors (Lipinski definition) is 3. The van der Waals surface area contributed by atoms with E-state index in [0.717, 1.165) is 22.8 Å². The quantitative estimate of drug-likeness (QED) is 0.584. The van der Waals surface area contributed by atoms with Gasteiger partial charge in [0.25, 0.3) is 0 Å². The zero-order valence-corrected chi connectivity index (χ0v) is 13.0. The summed E-state index contributed by atoms with van der Waals surface area (Å²) in [6, 6.07) is 6.52. The Labute approximate surface area is 120 Å². The van der Waals surface area contributed by atoms with Gasteiger partial charge in [-0.05, 0) is 40.2 Å². The Morgan fingerprint density at radius 2 is 2.18 bits per heavy atom. The van der Waals surface area contributed by atoms with Crippen molar-refractivity contribution in [3.63, 3.8) is 0 Å². The number of nitriles is 2. The number of halogens is 1. The summed E-state index contributed by atoms with van der Waals surface area (Å²) in [5, 5.41) is 20.4. The number of nitrogens with zero attached hydrogens (tertiary/aromatic N) is 2. The highest BCUT2D eigenvalue weighted by Crippen LogP contribution is 2.38. The third kappa shape index (κ3) is 3.00. The van der Waals surface area contributed by atoms with E-state index in [0.29, 0.717) is 4.88 Å². The van der Waals surface area contributed by atoms with Gasteiger partial charge >= 0.3 is 0 Å². The average Bonchev–Trinajstić information content (AvgIpc) is 2.79. The van der Waals surface area contributed by atoms with Crippen LogP contribution in [0, 0.1) is 28.6 Å². The lowest BCUT2D eigenvalue weighted by molar-refractivity contribution is 0.368. The highest BCUT2D eigenvalue weighted by molar-refractivity contribution is 14.1. The molecule has 1 aromatic rings. The Balaban J connectivity index is 3.14. The summed E-state index contributed by atoms with van der Waals surface area (Å²) in [5.41, 5.74) is 0.581. The van der Waals surface area contributed by atoms with Crippen molar-refractivity contribution in [1.82, 2.24) is 0 Å². The summed E-state index contributed by atoms with van der Waals surface area (Å²) in [4.78, 5) is 0.690. The number of alkyl halides is 1. The number of rotatable bonds is 5. The first-order valence-corrected chi connectivity index (χ1v) is 7.97. The molecule has 0 aliphatic carbocycles. The van der Waals surface area contributed by atoms with Crippen LogP contribution in [-0.4, -0.2) is 4.43 Å². The fraction of sp³-hybridized carbons (Fsp3) is 0.538. The van der Waals surface area contributed by atoms with Crippen LogP contribution in [0.25, 0.3) is 0 Å². The fourth-order valence-corrected chi connectivity index (χ4v) is 3.15. The Hall–Kier alpha value is -0.590.